The van der Waals surface area contributed by atoms with Gasteiger partial charge in [-0.25, -0.2) is 9.59 Å². The minimum absolute atomic E-state index is 0.0480. The molecule has 108 valence electrons. The zero-order valence-corrected chi connectivity index (χ0v) is 11.0. The molecule has 0 bridgehead atoms. The van der Waals surface area contributed by atoms with Crippen molar-refractivity contribution in [2.45, 2.75) is 0 Å². The van der Waals surface area contributed by atoms with E-state index in [1.807, 2.05) is 0 Å². The second kappa shape index (κ2) is 4.63. The van der Waals surface area contributed by atoms with E-state index in [1.54, 1.807) is 24.3 Å². The topological polar surface area (TPSA) is 109 Å². The highest BCUT2D eigenvalue weighted by atomic mass is 16.4. The average molecular weight is 296 g/mol. The van der Waals surface area contributed by atoms with Gasteiger partial charge >= 0.3 is 11.9 Å². The summed E-state index contributed by atoms with van der Waals surface area (Å²) >= 11 is 0. The second-order valence-electron chi connectivity index (χ2n) is 4.76. The number of aliphatic carboxylic acids is 2. The number of carbonyl (C=O) groups excluding carboxylic acids is 2. The smallest absolute Gasteiger partial charge is 0.340 e. The summed E-state index contributed by atoms with van der Waals surface area (Å²) in [4.78, 5) is 46.5. The summed E-state index contributed by atoms with van der Waals surface area (Å²) < 4.78 is 0. The molecule has 0 amide bonds. The Hall–Kier alpha value is -3.28. The molecule has 0 saturated carbocycles. The van der Waals surface area contributed by atoms with Crippen LogP contribution in [-0.2, 0) is 19.2 Å². The van der Waals surface area contributed by atoms with Crippen LogP contribution in [0.25, 0.3) is 21.9 Å². The molecule has 22 heavy (non-hydrogen) atoms. The van der Waals surface area contributed by atoms with Gasteiger partial charge in [-0.2, -0.15) is 0 Å². The fourth-order valence-electron chi connectivity index (χ4n) is 2.55. The SMILES string of the molecule is O=C(O)C1=c2cc3ccccc3cc2=C(C(=O)O)C(=O)C1=O. The summed E-state index contributed by atoms with van der Waals surface area (Å²) in [5.74, 6) is -5.74. The van der Waals surface area contributed by atoms with E-state index >= 15 is 0 Å². The van der Waals surface area contributed by atoms with Gasteiger partial charge in [0.1, 0.15) is 11.1 Å². The molecule has 1 aliphatic rings. The van der Waals surface area contributed by atoms with Gasteiger partial charge in [0.05, 0.1) is 0 Å². The number of carboxylic acid groups (broad SMARTS) is 2. The lowest BCUT2D eigenvalue weighted by atomic mass is 9.90. The third-order valence-corrected chi connectivity index (χ3v) is 3.51. The van der Waals surface area contributed by atoms with Crippen LogP contribution >= 0.6 is 0 Å². The third kappa shape index (κ3) is 1.81. The van der Waals surface area contributed by atoms with E-state index in [2.05, 4.69) is 0 Å². The summed E-state index contributed by atoms with van der Waals surface area (Å²) in [5.41, 5.74) is -1.40. The minimum atomic E-state index is -1.56. The van der Waals surface area contributed by atoms with Crippen LogP contribution in [0.2, 0.25) is 0 Å². The first kappa shape index (κ1) is 13.7. The summed E-state index contributed by atoms with van der Waals surface area (Å²) in [6.45, 7) is 0. The summed E-state index contributed by atoms with van der Waals surface area (Å²) in [7, 11) is 0. The molecule has 0 spiro atoms. The van der Waals surface area contributed by atoms with Crippen molar-refractivity contribution in [3.05, 3.63) is 46.8 Å². The Morgan fingerprint density at radius 2 is 1.09 bits per heavy atom. The zero-order valence-electron chi connectivity index (χ0n) is 11.0. The number of fused-ring (bicyclic) bond motifs is 2. The van der Waals surface area contributed by atoms with Crippen molar-refractivity contribution in [2.24, 2.45) is 0 Å². The van der Waals surface area contributed by atoms with Crippen LogP contribution < -0.4 is 10.4 Å². The fourth-order valence-corrected chi connectivity index (χ4v) is 2.55. The van der Waals surface area contributed by atoms with Crippen molar-refractivity contribution in [3.8, 4) is 0 Å². The van der Waals surface area contributed by atoms with E-state index in [-0.39, 0.29) is 10.4 Å². The molecule has 2 aromatic carbocycles. The summed E-state index contributed by atoms with van der Waals surface area (Å²) in [6.07, 6.45) is 0. The molecule has 0 heterocycles. The van der Waals surface area contributed by atoms with E-state index in [1.165, 1.54) is 12.1 Å². The number of hydrogen-bond donors (Lipinski definition) is 2. The van der Waals surface area contributed by atoms with Gasteiger partial charge in [0.15, 0.2) is 0 Å². The molecular weight excluding hydrogens is 288 g/mol. The third-order valence-electron chi connectivity index (χ3n) is 3.51. The van der Waals surface area contributed by atoms with Crippen molar-refractivity contribution in [1.29, 1.82) is 0 Å². The predicted molar refractivity (Wildman–Crippen MR) is 75.3 cm³/mol. The highest BCUT2D eigenvalue weighted by molar-refractivity contribution is 6.73. The van der Waals surface area contributed by atoms with Crippen LogP contribution in [-0.4, -0.2) is 33.7 Å². The average Bonchev–Trinajstić information content (AvgIpc) is 2.46. The van der Waals surface area contributed by atoms with Gasteiger partial charge in [0, 0.05) is 10.4 Å². The number of carbonyl (C=O) groups is 4. The van der Waals surface area contributed by atoms with Crippen LogP contribution in [0.5, 0.6) is 0 Å². The maximum Gasteiger partial charge on any atom is 0.340 e. The first-order valence-electron chi connectivity index (χ1n) is 6.25. The molecule has 0 aliphatic heterocycles. The van der Waals surface area contributed by atoms with Gasteiger partial charge in [0.2, 0.25) is 11.6 Å². The highest BCUT2D eigenvalue weighted by Gasteiger charge is 2.35. The lowest BCUT2D eigenvalue weighted by Crippen LogP contribution is -2.44. The predicted octanol–water partition coefficient (Wildman–Crippen LogP) is -0.538. The Balaban J connectivity index is 2.68. The van der Waals surface area contributed by atoms with Crippen LogP contribution in [0.3, 0.4) is 0 Å². The van der Waals surface area contributed by atoms with Crippen molar-refractivity contribution in [1.82, 2.24) is 0 Å². The Labute approximate surface area is 122 Å². The van der Waals surface area contributed by atoms with Crippen LogP contribution in [0, 0.1) is 0 Å². The first-order chi connectivity index (χ1) is 10.4. The molecular formula is C16H8O6. The Morgan fingerprint density at radius 1 is 0.727 bits per heavy atom. The molecule has 0 radical (unpaired) electrons. The van der Waals surface area contributed by atoms with Crippen molar-refractivity contribution in [3.63, 3.8) is 0 Å². The standard InChI is InChI=1S/C16H8O6/c17-13-11(15(19)20)9-5-7-3-1-2-4-8(7)6-10(9)12(14(13)18)16(21)22/h1-6H,(H,19,20)(H,21,22). The van der Waals surface area contributed by atoms with Crippen molar-refractivity contribution < 1.29 is 29.4 Å². The van der Waals surface area contributed by atoms with E-state index in [0.717, 1.165) is 0 Å². The molecule has 2 N–H and O–H groups in total. The van der Waals surface area contributed by atoms with Gasteiger partial charge in [-0.3, -0.25) is 9.59 Å². The quantitative estimate of drug-likeness (QED) is 0.721. The van der Waals surface area contributed by atoms with Gasteiger partial charge in [0.25, 0.3) is 0 Å². The maximum absolute atomic E-state index is 11.9. The molecule has 2 aromatic rings. The number of ketones is 2. The van der Waals surface area contributed by atoms with Crippen LogP contribution in [0.4, 0.5) is 0 Å². The van der Waals surface area contributed by atoms with E-state index in [9.17, 15) is 29.4 Å². The zero-order chi connectivity index (χ0) is 16.0. The molecule has 0 saturated heterocycles. The van der Waals surface area contributed by atoms with E-state index < -0.39 is 34.7 Å². The monoisotopic (exact) mass is 296 g/mol. The van der Waals surface area contributed by atoms with Crippen molar-refractivity contribution >= 4 is 45.4 Å². The molecule has 1 aliphatic carbocycles. The van der Waals surface area contributed by atoms with Crippen LogP contribution in [0.15, 0.2) is 36.4 Å². The molecule has 0 unspecified atom stereocenters. The maximum atomic E-state index is 11.9. The van der Waals surface area contributed by atoms with Gasteiger partial charge < -0.3 is 10.2 Å². The van der Waals surface area contributed by atoms with E-state index in [0.29, 0.717) is 10.8 Å². The Kier molecular flexibility index (Phi) is 2.88. The largest absolute Gasteiger partial charge is 0.478 e. The number of Topliss-reactive ketones (excluding diaryl/α,β-unsaturated/α-hetero) is 2. The van der Waals surface area contributed by atoms with Crippen molar-refractivity contribution in [2.75, 3.05) is 0 Å². The second-order valence-corrected chi connectivity index (χ2v) is 4.76. The molecule has 6 nitrogen and oxygen atoms in total. The first-order valence-corrected chi connectivity index (χ1v) is 6.25. The number of benzene rings is 2. The lowest BCUT2D eigenvalue weighted by Gasteiger charge is -2.11. The lowest BCUT2D eigenvalue weighted by molar-refractivity contribution is -0.138. The molecule has 0 atom stereocenters. The Morgan fingerprint density at radius 3 is 1.41 bits per heavy atom. The van der Waals surface area contributed by atoms with Gasteiger partial charge in [-0.15, -0.1) is 0 Å². The van der Waals surface area contributed by atoms with E-state index in [4.69, 9.17) is 0 Å². The molecule has 6 heteroatoms. The highest BCUT2D eigenvalue weighted by Crippen LogP contribution is 2.13. The summed E-state index contributed by atoms with van der Waals surface area (Å²) in [6, 6.07) is 9.70. The molecule has 0 fully saturated rings. The summed E-state index contributed by atoms with van der Waals surface area (Å²) in [5, 5.41) is 19.6. The fraction of sp³-hybridized carbons (Fsp3) is 0. The number of carboxylic acids is 2. The Bertz CT molecular complexity index is 930. The number of hydrogen-bond acceptors (Lipinski definition) is 4. The van der Waals surface area contributed by atoms with Gasteiger partial charge in [-0.05, 0) is 22.9 Å². The number of rotatable bonds is 2. The molecule has 0 aromatic heterocycles. The molecule has 3 rings (SSSR count). The van der Waals surface area contributed by atoms with Crippen LogP contribution in [0.1, 0.15) is 0 Å². The normalized spacial score (nSPS) is 14.2. The minimum Gasteiger partial charge on any atom is -0.478 e. The van der Waals surface area contributed by atoms with Gasteiger partial charge in [-0.1, -0.05) is 24.3 Å².